The van der Waals surface area contributed by atoms with E-state index < -0.39 is 0 Å². The molecule has 2 aromatic carbocycles. The highest BCUT2D eigenvalue weighted by Crippen LogP contribution is 2.32. The number of carbonyl (C=O) groups is 1. The highest BCUT2D eigenvalue weighted by molar-refractivity contribution is 7.22. The van der Waals surface area contributed by atoms with Crippen molar-refractivity contribution in [2.24, 2.45) is 0 Å². The maximum atomic E-state index is 12.7. The molecule has 0 spiro atoms. The molecule has 1 fully saturated rings. The minimum Gasteiger partial charge on any atom is -0.494 e. The van der Waals surface area contributed by atoms with Gasteiger partial charge in [0.05, 0.1) is 23.2 Å². The van der Waals surface area contributed by atoms with E-state index in [1.807, 2.05) is 36.1 Å². The van der Waals surface area contributed by atoms with Crippen molar-refractivity contribution in [1.82, 2.24) is 9.88 Å². The SMILES string of the molecule is CCOc1ccc(CC(=O)N2CCN(c3nc4c(C)cc(C)cc4s3)CC2)cc1. The minimum absolute atomic E-state index is 0.185. The minimum atomic E-state index is 0.185. The molecule has 4 rings (SSSR count). The number of hydrogen-bond donors (Lipinski definition) is 0. The number of thiazole rings is 1. The van der Waals surface area contributed by atoms with Gasteiger partial charge in [0.1, 0.15) is 5.75 Å². The Bertz CT molecular complexity index is 1000. The molecule has 0 saturated carbocycles. The van der Waals surface area contributed by atoms with Crippen molar-refractivity contribution >= 4 is 32.6 Å². The van der Waals surface area contributed by atoms with E-state index in [1.165, 1.54) is 15.8 Å². The average molecular weight is 410 g/mol. The van der Waals surface area contributed by atoms with Gasteiger partial charge in [-0.15, -0.1) is 0 Å². The van der Waals surface area contributed by atoms with Crippen LogP contribution in [0.4, 0.5) is 5.13 Å². The number of piperazine rings is 1. The number of aryl methyl sites for hydroxylation is 2. The van der Waals surface area contributed by atoms with Gasteiger partial charge in [-0.25, -0.2) is 4.98 Å². The molecule has 3 aromatic rings. The van der Waals surface area contributed by atoms with E-state index in [9.17, 15) is 4.79 Å². The zero-order chi connectivity index (χ0) is 20.4. The summed E-state index contributed by atoms with van der Waals surface area (Å²) >= 11 is 1.75. The lowest BCUT2D eigenvalue weighted by molar-refractivity contribution is -0.130. The van der Waals surface area contributed by atoms with Crippen LogP contribution in [-0.4, -0.2) is 48.6 Å². The second-order valence-electron chi connectivity index (χ2n) is 7.55. The first-order chi connectivity index (χ1) is 14.0. The number of fused-ring (bicyclic) bond motifs is 1. The molecule has 0 radical (unpaired) electrons. The largest absolute Gasteiger partial charge is 0.494 e. The average Bonchev–Trinajstić information content (AvgIpc) is 3.14. The Morgan fingerprint density at radius 3 is 2.52 bits per heavy atom. The van der Waals surface area contributed by atoms with Crippen LogP contribution in [-0.2, 0) is 11.2 Å². The zero-order valence-corrected chi connectivity index (χ0v) is 18.1. The van der Waals surface area contributed by atoms with Crippen molar-refractivity contribution in [3.05, 3.63) is 53.1 Å². The topological polar surface area (TPSA) is 45.7 Å². The third kappa shape index (κ3) is 4.37. The maximum absolute atomic E-state index is 12.7. The number of carbonyl (C=O) groups excluding carboxylic acids is 1. The van der Waals surface area contributed by atoms with Crippen LogP contribution in [0.5, 0.6) is 5.75 Å². The zero-order valence-electron chi connectivity index (χ0n) is 17.3. The number of nitrogens with zero attached hydrogens (tertiary/aromatic N) is 3. The highest BCUT2D eigenvalue weighted by atomic mass is 32.1. The fourth-order valence-electron chi connectivity index (χ4n) is 3.80. The van der Waals surface area contributed by atoms with Gasteiger partial charge in [0, 0.05) is 26.2 Å². The normalized spacial score (nSPS) is 14.4. The van der Waals surface area contributed by atoms with Gasteiger partial charge in [-0.2, -0.15) is 0 Å². The molecule has 1 aliphatic heterocycles. The van der Waals surface area contributed by atoms with Gasteiger partial charge in [0.15, 0.2) is 5.13 Å². The fourth-order valence-corrected chi connectivity index (χ4v) is 4.99. The first kappa shape index (κ1) is 19.7. The summed E-state index contributed by atoms with van der Waals surface area (Å²) in [4.78, 5) is 21.8. The number of hydrogen-bond acceptors (Lipinski definition) is 5. The summed E-state index contributed by atoms with van der Waals surface area (Å²) in [5.41, 5.74) is 4.63. The van der Waals surface area contributed by atoms with E-state index in [2.05, 4.69) is 30.9 Å². The van der Waals surface area contributed by atoms with Gasteiger partial charge in [-0.3, -0.25) is 4.79 Å². The Hall–Kier alpha value is -2.60. The number of ether oxygens (including phenoxy) is 1. The van der Waals surface area contributed by atoms with Crippen molar-refractivity contribution < 1.29 is 9.53 Å². The van der Waals surface area contributed by atoms with Crippen LogP contribution in [0.25, 0.3) is 10.2 Å². The molecule has 1 amide bonds. The number of benzene rings is 2. The second kappa shape index (κ2) is 8.41. The number of amides is 1. The Morgan fingerprint density at radius 2 is 1.83 bits per heavy atom. The second-order valence-corrected chi connectivity index (χ2v) is 8.56. The first-order valence-corrected chi connectivity index (χ1v) is 11.0. The van der Waals surface area contributed by atoms with Gasteiger partial charge in [0.25, 0.3) is 0 Å². The van der Waals surface area contributed by atoms with Crippen molar-refractivity contribution in [3.63, 3.8) is 0 Å². The lowest BCUT2D eigenvalue weighted by Gasteiger charge is -2.34. The van der Waals surface area contributed by atoms with Crippen LogP contribution in [0.3, 0.4) is 0 Å². The van der Waals surface area contributed by atoms with E-state index in [0.717, 1.165) is 48.1 Å². The monoisotopic (exact) mass is 409 g/mol. The predicted molar refractivity (Wildman–Crippen MR) is 119 cm³/mol. The summed E-state index contributed by atoms with van der Waals surface area (Å²) in [6, 6.07) is 12.2. The van der Waals surface area contributed by atoms with Crippen molar-refractivity contribution in [2.45, 2.75) is 27.2 Å². The molecule has 5 nitrogen and oxygen atoms in total. The Kier molecular flexibility index (Phi) is 5.72. The molecule has 0 unspecified atom stereocenters. The third-order valence-corrected chi connectivity index (χ3v) is 6.37. The standard InChI is InChI=1S/C23H27N3O2S/c1-4-28-19-7-5-18(6-8-19)15-21(27)25-9-11-26(12-10-25)23-24-22-17(3)13-16(2)14-20(22)29-23/h5-8,13-14H,4,9-12,15H2,1-3H3. The molecule has 6 heteroatoms. The van der Waals surface area contributed by atoms with Crippen molar-refractivity contribution in [2.75, 3.05) is 37.7 Å². The van der Waals surface area contributed by atoms with Gasteiger partial charge in [-0.05, 0) is 55.7 Å². The number of aromatic nitrogens is 1. The molecule has 29 heavy (non-hydrogen) atoms. The number of anilines is 1. The summed E-state index contributed by atoms with van der Waals surface area (Å²) in [5.74, 6) is 1.03. The Balaban J connectivity index is 1.36. The van der Waals surface area contributed by atoms with Gasteiger partial charge in [-0.1, -0.05) is 29.5 Å². The van der Waals surface area contributed by atoms with E-state index >= 15 is 0 Å². The Labute approximate surface area is 175 Å². The van der Waals surface area contributed by atoms with Gasteiger partial charge in [0.2, 0.25) is 5.91 Å². The lowest BCUT2D eigenvalue weighted by Crippen LogP contribution is -2.49. The molecule has 0 N–H and O–H groups in total. The van der Waals surface area contributed by atoms with Gasteiger partial charge >= 0.3 is 0 Å². The molecule has 0 atom stereocenters. The first-order valence-electron chi connectivity index (χ1n) is 10.2. The Morgan fingerprint density at radius 1 is 1.10 bits per heavy atom. The molecule has 0 aliphatic carbocycles. The third-order valence-electron chi connectivity index (χ3n) is 5.31. The summed E-state index contributed by atoms with van der Waals surface area (Å²) in [7, 11) is 0. The van der Waals surface area contributed by atoms with E-state index in [4.69, 9.17) is 9.72 Å². The molecular formula is C23H27N3O2S. The molecule has 2 heterocycles. The van der Waals surface area contributed by atoms with E-state index in [0.29, 0.717) is 13.0 Å². The molecule has 1 saturated heterocycles. The summed E-state index contributed by atoms with van der Waals surface area (Å²) in [6.07, 6.45) is 0.437. The predicted octanol–water partition coefficient (Wildman–Crippen LogP) is 4.20. The number of rotatable bonds is 5. The molecule has 152 valence electrons. The molecule has 1 aliphatic rings. The van der Waals surface area contributed by atoms with Crippen LogP contribution in [0.1, 0.15) is 23.6 Å². The molecule has 0 bridgehead atoms. The molecular weight excluding hydrogens is 382 g/mol. The van der Waals surface area contributed by atoms with E-state index in [-0.39, 0.29) is 5.91 Å². The van der Waals surface area contributed by atoms with Crippen LogP contribution in [0.15, 0.2) is 36.4 Å². The summed E-state index contributed by atoms with van der Waals surface area (Å²) in [5, 5.41) is 1.06. The van der Waals surface area contributed by atoms with Gasteiger partial charge < -0.3 is 14.5 Å². The fraction of sp³-hybridized carbons (Fsp3) is 0.391. The maximum Gasteiger partial charge on any atom is 0.227 e. The van der Waals surface area contributed by atoms with Crippen molar-refractivity contribution in [1.29, 1.82) is 0 Å². The van der Waals surface area contributed by atoms with Crippen LogP contribution in [0, 0.1) is 13.8 Å². The lowest BCUT2D eigenvalue weighted by atomic mass is 10.1. The van der Waals surface area contributed by atoms with Crippen molar-refractivity contribution in [3.8, 4) is 5.75 Å². The smallest absolute Gasteiger partial charge is 0.227 e. The van der Waals surface area contributed by atoms with Crippen LogP contribution in [0.2, 0.25) is 0 Å². The van der Waals surface area contributed by atoms with Crippen LogP contribution < -0.4 is 9.64 Å². The summed E-state index contributed by atoms with van der Waals surface area (Å²) < 4.78 is 6.71. The quantitative estimate of drug-likeness (QED) is 0.633. The highest BCUT2D eigenvalue weighted by Gasteiger charge is 2.23. The van der Waals surface area contributed by atoms with E-state index in [1.54, 1.807) is 11.3 Å². The summed E-state index contributed by atoms with van der Waals surface area (Å²) in [6.45, 7) is 9.99. The van der Waals surface area contributed by atoms with Crippen LogP contribution >= 0.6 is 11.3 Å². The molecule has 1 aromatic heterocycles.